The summed E-state index contributed by atoms with van der Waals surface area (Å²) in [6.07, 6.45) is 1.75. The Balaban J connectivity index is 1.94. The minimum Gasteiger partial charge on any atom is -0.493 e. The molecule has 3 rings (SSSR count). The molecule has 0 atom stereocenters. The average molecular weight is 383 g/mol. The number of hydrogen-bond acceptors (Lipinski definition) is 6. The summed E-state index contributed by atoms with van der Waals surface area (Å²) < 4.78 is 12.6. The van der Waals surface area contributed by atoms with Crippen LogP contribution in [0.1, 0.15) is 5.56 Å². The SMILES string of the molecule is COc1ccc(-c2n[nH]c(=S)n2/N=C\c2ccc(N(C)C)cc2)cc1OC. The van der Waals surface area contributed by atoms with Crippen molar-refractivity contribution in [3.05, 3.63) is 52.8 Å². The second kappa shape index (κ2) is 8.05. The van der Waals surface area contributed by atoms with E-state index in [4.69, 9.17) is 21.7 Å². The largest absolute Gasteiger partial charge is 0.493 e. The van der Waals surface area contributed by atoms with Crippen molar-refractivity contribution in [3.63, 3.8) is 0 Å². The number of methoxy groups -OCH3 is 2. The van der Waals surface area contributed by atoms with Gasteiger partial charge in [-0.2, -0.15) is 14.9 Å². The number of rotatable bonds is 6. The number of nitrogens with zero attached hydrogens (tertiary/aromatic N) is 4. The molecular formula is C19H21N5O2S. The first kappa shape index (κ1) is 18.7. The molecule has 0 aliphatic heterocycles. The zero-order chi connectivity index (χ0) is 19.4. The summed E-state index contributed by atoms with van der Waals surface area (Å²) in [5.74, 6) is 1.84. The lowest BCUT2D eigenvalue weighted by atomic mass is 10.2. The summed E-state index contributed by atoms with van der Waals surface area (Å²) in [6.45, 7) is 0. The standard InChI is InChI=1S/C19H21N5O2S/c1-23(2)15-8-5-13(6-9-15)12-20-24-18(21-22-19(24)27)14-7-10-16(25-3)17(11-14)26-4/h5-12H,1-4H3,(H,22,27)/b20-12-. The molecule has 2 aromatic carbocycles. The van der Waals surface area contributed by atoms with Gasteiger partial charge in [0, 0.05) is 25.3 Å². The van der Waals surface area contributed by atoms with Gasteiger partial charge in [-0.1, -0.05) is 12.1 Å². The second-order valence-corrected chi connectivity index (χ2v) is 6.35. The Bertz CT molecular complexity index is 1010. The van der Waals surface area contributed by atoms with E-state index in [1.54, 1.807) is 25.1 Å². The fourth-order valence-electron chi connectivity index (χ4n) is 2.54. The molecule has 8 heteroatoms. The van der Waals surface area contributed by atoms with Gasteiger partial charge in [0.25, 0.3) is 0 Å². The number of ether oxygens (including phenoxy) is 2. The van der Waals surface area contributed by atoms with Gasteiger partial charge in [0.15, 0.2) is 17.3 Å². The Morgan fingerprint density at radius 2 is 1.78 bits per heavy atom. The van der Waals surface area contributed by atoms with E-state index in [2.05, 4.69) is 15.3 Å². The van der Waals surface area contributed by atoms with Gasteiger partial charge in [0.1, 0.15) is 0 Å². The Kier molecular flexibility index (Phi) is 5.56. The number of anilines is 1. The van der Waals surface area contributed by atoms with Crippen LogP contribution in [0.15, 0.2) is 47.6 Å². The van der Waals surface area contributed by atoms with E-state index >= 15 is 0 Å². The van der Waals surface area contributed by atoms with Crippen LogP contribution < -0.4 is 14.4 Å². The minimum atomic E-state index is 0.404. The molecule has 3 aromatic rings. The Hall–Kier alpha value is -3.13. The van der Waals surface area contributed by atoms with Gasteiger partial charge in [-0.3, -0.25) is 0 Å². The lowest BCUT2D eigenvalue weighted by Crippen LogP contribution is -2.08. The maximum absolute atomic E-state index is 5.36. The number of H-pyrrole nitrogens is 1. The van der Waals surface area contributed by atoms with Gasteiger partial charge >= 0.3 is 0 Å². The van der Waals surface area contributed by atoms with Crippen LogP contribution in [0.2, 0.25) is 0 Å². The number of benzene rings is 2. The molecule has 0 unspecified atom stereocenters. The van der Waals surface area contributed by atoms with Crippen LogP contribution in [-0.4, -0.2) is 49.4 Å². The van der Waals surface area contributed by atoms with Crippen molar-refractivity contribution in [2.45, 2.75) is 0 Å². The Morgan fingerprint density at radius 3 is 2.41 bits per heavy atom. The molecule has 0 aliphatic rings. The van der Waals surface area contributed by atoms with Crippen LogP contribution in [0.25, 0.3) is 11.4 Å². The van der Waals surface area contributed by atoms with Gasteiger partial charge < -0.3 is 14.4 Å². The van der Waals surface area contributed by atoms with Crippen molar-refractivity contribution in [2.75, 3.05) is 33.2 Å². The molecule has 0 aliphatic carbocycles. The lowest BCUT2D eigenvalue weighted by molar-refractivity contribution is 0.355. The molecule has 0 radical (unpaired) electrons. The van der Waals surface area contributed by atoms with Crippen LogP contribution in [0.3, 0.4) is 0 Å². The highest BCUT2D eigenvalue weighted by Gasteiger charge is 2.12. The highest BCUT2D eigenvalue weighted by molar-refractivity contribution is 7.71. The second-order valence-electron chi connectivity index (χ2n) is 5.96. The maximum atomic E-state index is 5.36. The van der Waals surface area contributed by atoms with E-state index in [1.807, 2.05) is 61.5 Å². The highest BCUT2D eigenvalue weighted by Crippen LogP contribution is 2.31. The van der Waals surface area contributed by atoms with E-state index in [-0.39, 0.29) is 0 Å². The molecule has 0 saturated carbocycles. The van der Waals surface area contributed by atoms with Crippen molar-refractivity contribution >= 4 is 24.1 Å². The molecule has 0 spiro atoms. The molecule has 140 valence electrons. The maximum Gasteiger partial charge on any atom is 0.216 e. The molecule has 1 N–H and O–H groups in total. The van der Waals surface area contributed by atoms with Gasteiger partial charge in [-0.25, -0.2) is 5.10 Å². The quantitative estimate of drug-likeness (QED) is 0.521. The summed E-state index contributed by atoms with van der Waals surface area (Å²) in [5.41, 5.74) is 2.89. The summed E-state index contributed by atoms with van der Waals surface area (Å²) in [6, 6.07) is 13.6. The third-order valence-corrected chi connectivity index (χ3v) is 4.29. The van der Waals surface area contributed by atoms with Crippen LogP contribution in [0, 0.1) is 4.77 Å². The normalized spacial score (nSPS) is 11.0. The molecule has 0 bridgehead atoms. The van der Waals surface area contributed by atoms with Crippen LogP contribution in [0.4, 0.5) is 5.69 Å². The fraction of sp³-hybridized carbons (Fsp3) is 0.211. The average Bonchev–Trinajstić information content (AvgIpc) is 3.06. The van der Waals surface area contributed by atoms with E-state index in [9.17, 15) is 0 Å². The predicted molar refractivity (Wildman–Crippen MR) is 110 cm³/mol. The van der Waals surface area contributed by atoms with Crippen molar-refractivity contribution in [1.82, 2.24) is 14.9 Å². The van der Waals surface area contributed by atoms with Crippen molar-refractivity contribution < 1.29 is 9.47 Å². The molecule has 1 heterocycles. The lowest BCUT2D eigenvalue weighted by Gasteiger charge is -2.11. The summed E-state index contributed by atoms with van der Waals surface area (Å²) in [7, 11) is 7.19. The molecule has 0 fully saturated rings. The topological polar surface area (TPSA) is 67.7 Å². The molecule has 1 aromatic heterocycles. The van der Waals surface area contributed by atoms with Gasteiger partial charge in [0.05, 0.1) is 20.4 Å². The van der Waals surface area contributed by atoms with Crippen LogP contribution in [-0.2, 0) is 0 Å². The Morgan fingerprint density at radius 1 is 1.07 bits per heavy atom. The van der Waals surface area contributed by atoms with Crippen molar-refractivity contribution in [3.8, 4) is 22.9 Å². The number of hydrogen-bond donors (Lipinski definition) is 1. The molecule has 27 heavy (non-hydrogen) atoms. The summed E-state index contributed by atoms with van der Waals surface area (Å²) >= 11 is 5.32. The van der Waals surface area contributed by atoms with Crippen LogP contribution >= 0.6 is 12.2 Å². The van der Waals surface area contributed by atoms with Crippen molar-refractivity contribution in [1.29, 1.82) is 0 Å². The van der Waals surface area contributed by atoms with Gasteiger partial charge in [-0.15, -0.1) is 0 Å². The van der Waals surface area contributed by atoms with E-state index in [0.29, 0.717) is 22.1 Å². The Labute approximate surface area is 162 Å². The first-order valence-corrected chi connectivity index (χ1v) is 8.66. The molecule has 0 amide bonds. The minimum absolute atomic E-state index is 0.404. The van der Waals surface area contributed by atoms with E-state index in [0.717, 1.165) is 16.8 Å². The molecular weight excluding hydrogens is 362 g/mol. The first-order valence-electron chi connectivity index (χ1n) is 8.25. The van der Waals surface area contributed by atoms with E-state index < -0.39 is 0 Å². The zero-order valence-electron chi connectivity index (χ0n) is 15.6. The number of aromatic amines is 1. The first-order chi connectivity index (χ1) is 13.0. The summed E-state index contributed by atoms with van der Waals surface area (Å²) in [5, 5.41) is 11.6. The monoisotopic (exact) mass is 383 g/mol. The third kappa shape index (κ3) is 4.01. The van der Waals surface area contributed by atoms with Crippen molar-refractivity contribution in [2.24, 2.45) is 5.10 Å². The number of aromatic nitrogens is 3. The van der Waals surface area contributed by atoms with Gasteiger partial charge in [-0.05, 0) is 48.1 Å². The third-order valence-electron chi connectivity index (χ3n) is 4.02. The zero-order valence-corrected chi connectivity index (χ0v) is 16.4. The number of nitrogens with one attached hydrogen (secondary N) is 1. The van der Waals surface area contributed by atoms with Gasteiger partial charge in [0.2, 0.25) is 4.77 Å². The highest BCUT2D eigenvalue weighted by atomic mass is 32.1. The van der Waals surface area contributed by atoms with E-state index in [1.165, 1.54) is 0 Å². The molecule has 0 saturated heterocycles. The smallest absolute Gasteiger partial charge is 0.216 e. The summed E-state index contributed by atoms with van der Waals surface area (Å²) in [4.78, 5) is 2.04. The predicted octanol–water partition coefficient (Wildman–Crippen LogP) is 3.57. The van der Waals surface area contributed by atoms with Crippen LogP contribution in [0.5, 0.6) is 11.5 Å². The molecule has 7 nitrogen and oxygen atoms in total. The fourth-order valence-corrected chi connectivity index (χ4v) is 2.72.